The highest BCUT2D eigenvalue weighted by Crippen LogP contribution is 2.31. The normalized spacial score (nSPS) is 13.6. The van der Waals surface area contributed by atoms with E-state index < -0.39 is 17.7 Å². The molecule has 3 amide bonds. The number of hydrogen-bond acceptors (Lipinski definition) is 4. The molecule has 9 heteroatoms. The van der Waals surface area contributed by atoms with Crippen LogP contribution in [0.15, 0.2) is 77.5 Å². The molecule has 0 atom stereocenters. The first-order valence-electron chi connectivity index (χ1n) is 10.7. The molecule has 2 N–H and O–H groups in total. The van der Waals surface area contributed by atoms with Gasteiger partial charge in [0.05, 0.1) is 16.4 Å². The van der Waals surface area contributed by atoms with E-state index in [2.05, 4.69) is 24.5 Å². The molecule has 1 heterocycles. The lowest BCUT2D eigenvalue weighted by Gasteiger charge is -2.16. The lowest BCUT2D eigenvalue weighted by molar-refractivity contribution is -0.120. The Hall–Kier alpha value is -3.32. The fourth-order valence-corrected chi connectivity index (χ4v) is 4.19. The zero-order valence-corrected chi connectivity index (χ0v) is 21.0. The van der Waals surface area contributed by atoms with Crippen LogP contribution in [0.25, 0.3) is 0 Å². The van der Waals surface area contributed by atoms with E-state index >= 15 is 0 Å². The second-order valence-corrected chi connectivity index (χ2v) is 9.39. The van der Waals surface area contributed by atoms with Gasteiger partial charge in [-0.3, -0.25) is 14.4 Å². The molecule has 0 bridgehead atoms. The van der Waals surface area contributed by atoms with E-state index in [1.165, 1.54) is 12.1 Å². The number of benzene rings is 3. The number of anilines is 3. The largest absolute Gasteiger partial charge is 0.350 e. The fraction of sp³-hybridized carbons (Fsp3) is 0.115. The van der Waals surface area contributed by atoms with E-state index in [0.29, 0.717) is 38.6 Å². The molecule has 1 aliphatic heterocycles. The number of nitrogens with zero attached hydrogens (tertiary/aromatic N) is 1. The molecule has 0 saturated heterocycles. The SMILES string of the molecule is CC(C)c1ccc(N2C(=O)C(Cl)=C(Nc3cccc(C(=O)Nc4ccc(Cl)cc4Cl)c3)C2=O)cc1. The van der Waals surface area contributed by atoms with E-state index in [1.807, 2.05) is 12.1 Å². The van der Waals surface area contributed by atoms with E-state index in [1.54, 1.807) is 42.5 Å². The Bertz CT molecular complexity index is 1370. The Balaban J connectivity index is 1.53. The Morgan fingerprint density at radius 2 is 1.60 bits per heavy atom. The molecular formula is C26H20Cl3N3O3. The summed E-state index contributed by atoms with van der Waals surface area (Å²) in [6, 6.07) is 18.3. The minimum Gasteiger partial charge on any atom is -0.350 e. The van der Waals surface area contributed by atoms with Gasteiger partial charge in [0.2, 0.25) is 0 Å². The van der Waals surface area contributed by atoms with Crippen LogP contribution in [0.4, 0.5) is 17.1 Å². The Kier molecular flexibility index (Phi) is 7.17. The second kappa shape index (κ2) is 10.1. The molecule has 0 fully saturated rings. The number of imide groups is 1. The number of rotatable bonds is 6. The van der Waals surface area contributed by atoms with Gasteiger partial charge in [0, 0.05) is 16.3 Å². The minimum absolute atomic E-state index is 0.0668. The molecule has 0 radical (unpaired) electrons. The van der Waals surface area contributed by atoms with Gasteiger partial charge < -0.3 is 10.6 Å². The van der Waals surface area contributed by atoms with Crippen molar-refractivity contribution in [1.29, 1.82) is 0 Å². The van der Waals surface area contributed by atoms with Crippen molar-refractivity contribution in [2.45, 2.75) is 19.8 Å². The first-order chi connectivity index (χ1) is 16.7. The molecule has 0 spiro atoms. The molecule has 1 aliphatic rings. The molecule has 3 aromatic rings. The average Bonchev–Trinajstić information content (AvgIpc) is 3.04. The summed E-state index contributed by atoms with van der Waals surface area (Å²) in [4.78, 5) is 39.6. The van der Waals surface area contributed by atoms with Crippen molar-refractivity contribution < 1.29 is 14.4 Å². The zero-order chi connectivity index (χ0) is 25.3. The highest BCUT2D eigenvalue weighted by atomic mass is 35.5. The van der Waals surface area contributed by atoms with E-state index in [9.17, 15) is 14.4 Å². The van der Waals surface area contributed by atoms with Crippen LogP contribution in [-0.4, -0.2) is 17.7 Å². The van der Waals surface area contributed by atoms with E-state index in [-0.39, 0.29) is 10.7 Å². The maximum absolute atomic E-state index is 13.1. The molecule has 3 aromatic carbocycles. The predicted molar refractivity (Wildman–Crippen MR) is 140 cm³/mol. The van der Waals surface area contributed by atoms with E-state index in [4.69, 9.17) is 34.8 Å². The lowest BCUT2D eigenvalue weighted by Crippen LogP contribution is -2.32. The molecule has 35 heavy (non-hydrogen) atoms. The molecule has 0 unspecified atom stereocenters. The third-order valence-corrected chi connectivity index (χ3v) is 6.32. The molecule has 0 aromatic heterocycles. The van der Waals surface area contributed by atoms with Crippen molar-refractivity contribution in [3.63, 3.8) is 0 Å². The molecular weight excluding hydrogens is 509 g/mol. The average molecular weight is 529 g/mol. The van der Waals surface area contributed by atoms with Gasteiger partial charge in [-0.05, 0) is 60.0 Å². The van der Waals surface area contributed by atoms with Crippen LogP contribution in [0.1, 0.15) is 35.7 Å². The maximum atomic E-state index is 13.1. The zero-order valence-electron chi connectivity index (χ0n) is 18.7. The van der Waals surface area contributed by atoms with Crippen molar-refractivity contribution in [1.82, 2.24) is 0 Å². The summed E-state index contributed by atoms with van der Waals surface area (Å²) in [6.45, 7) is 4.11. The summed E-state index contributed by atoms with van der Waals surface area (Å²) >= 11 is 18.3. The van der Waals surface area contributed by atoms with Crippen molar-refractivity contribution in [2.75, 3.05) is 15.5 Å². The van der Waals surface area contributed by atoms with Crippen LogP contribution in [0, 0.1) is 0 Å². The Morgan fingerprint density at radius 3 is 2.26 bits per heavy atom. The van der Waals surface area contributed by atoms with E-state index in [0.717, 1.165) is 10.5 Å². The summed E-state index contributed by atoms with van der Waals surface area (Å²) in [5.74, 6) is -1.31. The van der Waals surface area contributed by atoms with Gasteiger partial charge in [-0.1, -0.05) is 66.8 Å². The van der Waals surface area contributed by atoms with Crippen LogP contribution in [0.2, 0.25) is 10.0 Å². The predicted octanol–water partition coefficient (Wildman–Crippen LogP) is 6.80. The third kappa shape index (κ3) is 5.20. The summed E-state index contributed by atoms with van der Waals surface area (Å²) in [7, 11) is 0. The highest BCUT2D eigenvalue weighted by molar-refractivity contribution is 6.53. The number of halogens is 3. The summed E-state index contributed by atoms with van der Waals surface area (Å²) < 4.78 is 0. The number of carbonyl (C=O) groups is 3. The third-order valence-electron chi connectivity index (χ3n) is 5.42. The molecule has 0 aliphatic carbocycles. The van der Waals surface area contributed by atoms with Gasteiger partial charge >= 0.3 is 0 Å². The number of hydrogen-bond donors (Lipinski definition) is 2. The summed E-state index contributed by atoms with van der Waals surface area (Å²) in [5, 5.41) is 6.12. The quantitative estimate of drug-likeness (QED) is 0.345. The second-order valence-electron chi connectivity index (χ2n) is 8.17. The number of carbonyl (C=O) groups excluding carboxylic acids is 3. The summed E-state index contributed by atoms with van der Waals surface area (Å²) in [5.41, 5.74) is 2.55. The molecule has 4 rings (SSSR count). The van der Waals surface area contributed by atoms with Gasteiger partial charge in [0.15, 0.2) is 0 Å². The first kappa shape index (κ1) is 24.8. The number of amides is 3. The van der Waals surface area contributed by atoms with Crippen molar-refractivity contribution in [3.05, 3.63) is 98.6 Å². The lowest BCUT2D eigenvalue weighted by atomic mass is 10.0. The van der Waals surface area contributed by atoms with Crippen molar-refractivity contribution in [2.24, 2.45) is 0 Å². The van der Waals surface area contributed by atoms with Gasteiger partial charge in [-0.2, -0.15) is 0 Å². The molecule has 0 saturated carbocycles. The first-order valence-corrected chi connectivity index (χ1v) is 11.8. The Labute approximate surface area is 217 Å². The van der Waals surface area contributed by atoms with Gasteiger partial charge in [-0.25, -0.2) is 4.90 Å². The molecule has 178 valence electrons. The van der Waals surface area contributed by atoms with Crippen molar-refractivity contribution in [3.8, 4) is 0 Å². The van der Waals surface area contributed by atoms with Crippen LogP contribution < -0.4 is 15.5 Å². The number of nitrogens with one attached hydrogen (secondary N) is 2. The smallest absolute Gasteiger partial charge is 0.283 e. The highest BCUT2D eigenvalue weighted by Gasteiger charge is 2.39. The van der Waals surface area contributed by atoms with Crippen LogP contribution in [-0.2, 0) is 9.59 Å². The van der Waals surface area contributed by atoms with Gasteiger partial charge in [-0.15, -0.1) is 0 Å². The van der Waals surface area contributed by atoms with Crippen LogP contribution in [0.5, 0.6) is 0 Å². The fourth-order valence-electron chi connectivity index (χ4n) is 3.52. The standard InChI is InChI=1S/C26H20Cl3N3O3/c1-14(2)15-6-9-19(10-7-15)32-25(34)22(29)23(26(32)35)30-18-5-3-4-16(12-18)24(33)31-21-11-8-17(27)13-20(21)28/h3-14,30H,1-2H3,(H,31,33). The monoisotopic (exact) mass is 527 g/mol. The van der Waals surface area contributed by atoms with Crippen LogP contribution >= 0.6 is 34.8 Å². The topological polar surface area (TPSA) is 78.5 Å². The van der Waals surface area contributed by atoms with Gasteiger partial charge in [0.1, 0.15) is 10.7 Å². The molecule has 6 nitrogen and oxygen atoms in total. The van der Waals surface area contributed by atoms with Crippen molar-refractivity contribution >= 4 is 69.6 Å². The minimum atomic E-state index is -0.622. The Morgan fingerprint density at radius 1 is 0.886 bits per heavy atom. The maximum Gasteiger partial charge on any atom is 0.283 e. The summed E-state index contributed by atoms with van der Waals surface area (Å²) in [6.07, 6.45) is 0. The van der Waals surface area contributed by atoms with Gasteiger partial charge in [0.25, 0.3) is 17.7 Å². The van der Waals surface area contributed by atoms with Crippen LogP contribution in [0.3, 0.4) is 0 Å².